The lowest BCUT2D eigenvalue weighted by Gasteiger charge is -2.19. The molecule has 0 bridgehead atoms. The topological polar surface area (TPSA) is 62.6 Å². The van der Waals surface area contributed by atoms with Crippen molar-refractivity contribution >= 4 is 28.1 Å². The molecule has 1 aliphatic rings. The van der Waals surface area contributed by atoms with E-state index >= 15 is 0 Å². The molecule has 0 unspecified atom stereocenters. The fraction of sp³-hybridized carbons (Fsp3) is 0.250. The van der Waals surface area contributed by atoms with Crippen LogP contribution >= 0.6 is 0 Å². The van der Waals surface area contributed by atoms with Crippen molar-refractivity contribution in [2.75, 3.05) is 37.5 Å². The Morgan fingerprint density at radius 3 is 2.96 bits per heavy atom. The van der Waals surface area contributed by atoms with Crippen molar-refractivity contribution in [2.45, 2.75) is 6.54 Å². The quantitative estimate of drug-likeness (QED) is 0.768. The lowest BCUT2D eigenvalue weighted by Crippen LogP contribution is -2.23. The number of aromatic nitrogens is 2. The molecule has 3 heterocycles. The molecule has 132 valence electrons. The van der Waals surface area contributed by atoms with E-state index in [0.29, 0.717) is 13.2 Å². The average Bonchev–Trinajstić information content (AvgIpc) is 3.08. The standard InChI is InChI=1S/C20H21N5O/c1-25(10-11-26-2)20-16-6-5-15(12-14(16)7-9-22-20)24-19-17-4-3-8-21-18(17)13-23-19/h3-9,12H,10-11,13H2,1-2H3,(H,23,24). The first-order valence-corrected chi connectivity index (χ1v) is 8.61. The Hall–Kier alpha value is -2.99. The van der Waals surface area contributed by atoms with Gasteiger partial charge in [-0.25, -0.2) is 4.98 Å². The van der Waals surface area contributed by atoms with Crippen molar-refractivity contribution in [1.29, 1.82) is 0 Å². The van der Waals surface area contributed by atoms with Crippen molar-refractivity contribution in [1.82, 2.24) is 9.97 Å². The molecule has 4 rings (SSSR count). The number of nitrogens with zero attached hydrogens (tertiary/aromatic N) is 4. The zero-order chi connectivity index (χ0) is 17.9. The number of anilines is 2. The molecule has 1 aromatic carbocycles. The number of hydrogen-bond donors (Lipinski definition) is 1. The Morgan fingerprint density at radius 1 is 1.15 bits per heavy atom. The lowest BCUT2D eigenvalue weighted by molar-refractivity contribution is 0.206. The van der Waals surface area contributed by atoms with Gasteiger partial charge in [0.1, 0.15) is 11.7 Å². The van der Waals surface area contributed by atoms with Crippen LogP contribution in [0.25, 0.3) is 10.8 Å². The van der Waals surface area contributed by atoms with Crippen LogP contribution in [0.1, 0.15) is 11.3 Å². The third kappa shape index (κ3) is 3.11. The first-order chi connectivity index (χ1) is 12.8. The maximum absolute atomic E-state index is 5.17. The first kappa shape index (κ1) is 16.5. The average molecular weight is 347 g/mol. The van der Waals surface area contributed by atoms with E-state index in [-0.39, 0.29) is 0 Å². The molecule has 6 nitrogen and oxygen atoms in total. The van der Waals surface area contributed by atoms with Gasteiger partial charge in [-0.05, 0) is 41.8 Å². The third-order valence-electron chi connectivity index (χ3n) is 4.53. The molecule has 0 atom stereocenters. The molecule has 0 amide bonds. The SMILES string of the molecule is COCCN(C)c1nccc2cc(NC3=NCc4ncccc43)ccc12. The van der Waals surface area contributed by atoms with Crippen molar-refractivity contribution in [3.63, 3.8) is 0 Å². The summed E-state index contributed by atoms with van der Waals surface area (Å²) in [5, 5.41) is 5.68. The molecule has 0 fully saturated rings. The van der Waals surface area contributed by atoms with Crippen LogP contribution < -0.4 is 10.2 Å². The van der Waals surface area contributed by atoms with E-state index in [2.05, 4.69) is 49.4 Å². The van der Waals surface area contributed by atoms with Gasteiger partial charge in [-0.2, -0.15) is 0 Å². The number of benzene rings is 1. The smallest absolute Gasteiger partial charge is 0.136 e. The van der Waals surface area contributed by atoms with Gasteiger partial charge in [0, 0.05) is 49.7 Å². The summed E-state index contributed by atoms with van der Waals surface area (Å²) in [4.78, 5) is 15.6. The maximum atomic E-state index is 5.17. The van der Waals surface area contributed by atoms with Gasteiger partial charge in [-0.15, -0.1) is 0 Å². The zero-order valence-corrected chi connectivity index (χ0v) is 14.9. The summed E-state index contributed by atoms with van der Waals surface area (Å²) in [7, 11) is 3.74. The summed E-state index contributed by atoms with van der Waals surface area (Å²) < 4.78 is 5.17. The zero-order valence-electron chi connectivity index (χ0n) is 14.9. The maximum Gasteiger partial charge on any atom is 0.136 e. The minimum atomic E-state index is 0.629. The Bertz CT molecular complexity index is 969. The highest BCUT2D eigenvalue weighted by molar-refractivity contribution is 6.11. The number of nitrogens with one attached hydrogen (secondary N) is 1. The van der Waals surface area contributed by atoms with Gasteiger partial charge in [0.2, 0.25) is 0 Å². The van der Waals surface area contributed by atoms with Crippen LogP contribution in [0.4, 0.5) is 11.5 Å². The minimum Gasteiger partial charge on any atom is -0.383 e. The molecular weight excluding hydrogens is 326 g/mol. The molecule has 3 aromatic rings. The highest BCUT2D eigenvalue weighted by Crippen LogP contribution is 2.27. The van der Waals surface area contributed by atoms with Gasteiger partial charge >= 0.3 is 0 Å². The fourth-order valence-corrected chi connectivity index (χ4v) is 3.14. The number of pyridine rings is 2. The summed E-state index contributed by atoms with van der Waals surface area (Å²) in [6.07, 6.45) is 3.65. The van der Waals surface area contributed by atoms with Gasteiger partial charge < -0.3 is 15.0 Å². The Labute approximate surface area is 152 Å². The summed E-state index contributed by atoms with van der Waals surface area (Å²) in [5.41, 5.74) is 3.09. The molecule has 6 heteroatoms. The van der Waals surface area contributed by atoms with Crippen molar-refractivity contribution < 1.29 is 4.74 Å². The predicted octanol–water partition coefficient (Wildman–Crippen LogP) is 3.08. The molecule has 0 saturated carbocycles. The Balaban J connectivity index is 1.61. The molecule has 1 N–H and O–H groups in total. The normalized spacial score (nSPS) is 12.8. The van der Waals surface area contributed by atoms with E-state index < -0.39 is 0 Å². The van der Waals surface area contributed by atoms with Gasteiger partial charge in [0.25, 0.3) is 0 Å². The fourth-order valence-electron chi connectivity index (χ4n) is 3.14. The van der Waals surface area contributed by atoms with E-state index in [1.54, 1.807) is 7.11 Å². The number of amidine groups is 1. The lowest BCUT2D eigenvalue weighted by atomic mass is 10.1. The summed E-state index contributed by atoms with van der Waals surface area (Å²) in [6.45, 7) is 2.09. The van der Waals surface area contributed by atoms with Crippen LogP contribution in [0.3, 0.4) is 0 Å². The van der Waals surface area contributed by atoms with Gasteiger partial charge in [0.15, 0.2) is 0 Å². The second-order valence-corrected chi connectivity index (χ2v) is 6.27. The molecule has 1 aliphatic heterocycles. The van der Waals surface area contributed by atoms with Gasteiger partial charge in [-0.3, -0.25) is 9.98 Å². The molecule has 0 spiro atoms. The minimum absolute atomic E-state index is 0.629. The number of methoxy groups -OCH3 is 1. The second kappa shape index (κ2) is 7.09. The number of hydrogen-bond acceptors (Lipinski definition) is 6. The van der Waals surface area contributed by atoms with Crippen LogP contribution in [0.15, 0.2) is 53.8 Å². The van der Waals surface area contributed by atoms with Crippen LogP contribution in [-0.2, 0) is 11.3 Å². The van der Waals surface area contributed by atoms with Crippen LogP contribution in [-0.4, -0.2) is 43.1 Å². The molecule has 2 aromatic heterocycles. The van der Waals surface area contributed by atoms with Gasteiger partial charge in [-0.1, -0.05) is 0 Å². The largest absolute Gasteiger partial charge is 0.383 e. The Kier molecular flexibility index (Phi) is 4.50. The second-order valence-electron chi connectivity index (χ2n) is 6.27. The number of likely N-dealkylation sites (N-methyl/N-ethyl adjacent to an activating group) is 1. The highest BCUT2D eigenvalue weighted by atomic mass is 16.5. The van der Waals surface area contributed by atoms with E-state index in [1.165, 1.54) is 0 Å². The molecule has 0 saturated heterocycles. The summed E-state index contributed by atoms with van der Waals surface area (Å²) in [6, 6.07) is 12.3. The van der Waals surface area contributed by atoms with Crippen molar-refractivity contribution in [3.05, 3.63) is 60.0 Å². The summed E-state index contributed by atoms with van der Waals surface area (Å²) >= 11 is 0. The number of ether oxygens (including phenoxy) is 1. The van der Waals surface area contributed by atoms with Crippen LogP contribution in [0.2, 0.25) is 0 Å². The number of aliphatic imine (C=N–C) groups is 1. The first-order valence-electron chi connectivity index (χ1n) is 8.61. The monoisotopic (exact) mass is 347 g/mol. The van der Waals surface area contributed by atoms with E-state index in [4.69, 9.17) is 4.74 Å². The third-order valence-corrected chi connectivity index (χ3v) is 4.53. The predicted molar refractivity (Wildman–Crippen MR) is 105 cm³/mol. The van der Waals surface area contributed by atoms with E-state index in [0.717, 1.165) is 45.9 Å². The molecule has 0 aliphatic carbocycles. The highest BCUT2D eigenvalue weighted by Gasteiger charge is 2.16. The van der Waals surface area contributed by atoms with Crippen LogP contribution in [0.5, 0.6) is 0 Å². The van der Waals surface area contributed by atoms with Crippen LogP contribution in [0, 0.1) is 0 Å². The Morgan fingerprint density at radius 2 is 2.08 bits per heavy atom. The molecular formula is C20H21N5O. The van der Waals surface area contributed by atoms with Crippen molar-refractivity contribution in [2.24, 2.45) is 4.99 Å². The molecule has 26 heavy (non-hydrogen) atoms. The number of fused-ring (bicyclic) bond motifs is 2. The number of rotatable bonds is 5. The van der Waals surface area contributed by atoms with Crippen molar-refractivity contribution in [3.8, 4) is 0 Å². The van der Waals surface area contributed by atoms with E-state index in [1.807, 2.05) is 31.6 Å². The van der Waals surface area contributed by atoms with Gasteiger partial charge in [0.05, 0.1) is 18.8 Å². The summed E-state index contributed by atoms with van der Waals surface area (Å²) in [5.74, 6) is 1.83. The molecule has 0 radical (unpaired) electrons. The van der Waals surface area contributed by atoms with E-state index in [9.17, 15) is 0 Å².